The van der Waals surface area contributed by atoms with Crippen molar-refractivity contribution in [3.8, 4) is 5.75 Å². The van der Waals surface area contributed by atoms with Crippen molar-refractivity contribution in [3.05, 3.63) is 73.8 Å². The first-order chi connectivity index (χ1) is 11.5. The van der Waals surface area contributed by atoms with Crippen molar-refractivity contribution in [3.63, 3.8) is 0 Å². The number of phenolic OH excluding ortho intramolecular Hbond substituents is 1. The van der Waals surface area contributed by atoms with Gasteiger partial charge >= 0.3 is 11.7 Å². The standard InChI is InChI=1S/C16H9BrN2O5/c17-12-6-2-1-5-10(12)14-11(16(21)24-18-14)8-9-4-3-7-13(15(9)20)19(22)23/h1-8,20H/b11-8-. The molecule has 0 spiro atoms. The quantitative estimate of drug-likeness (QED) is 0.375. The number of carbonyl (C=O) groups is 1. The summed E-state index contributed by atoms with van der Waals surface area (Å²) in [4.78, 5) is 26.9. The van der Waals surface area contributed by atoms with Gasteiger partial charge in [0.15, 0.2) is 0 Å². The summed E-state index contributed by atoms with van der Waals surface area (Å²) in [6.07, 6.45) is 1.32. The van der Waals surface area contributed by atoms with Crippen LogP contribution in [0.4, 0.5) is 5.69 Å². The molecular weight excluding hydrogens is 380 g/mol. The molecule has 0 amide bonds. The Bertz CT molecular complexity index is 920. The molecule has 2 aromatic carbocycles. The highest BCUT2D eigenvalue weighted by Crippen LogP contribution is 2.33. The fraction of sp³-hybridized carbons (Fsp3) is 0. The lowest BCUT2D eigenvalue weighted by Crippen LogP contribution is -2.07. The Morgan fingerprint density at radius 2 is 1.96 bits per heavy atom. The minimum Gasteiger partial charge on any atom is -0.502 e. The molecule has 0 aliphatic carbocycles. The Labute approximate surface area is 144 Å². The zero-order valence-corrected chi connectivity index (χ0v) is 13.6. The number of benzene rings is 2. The van der Waals surface area contributed by atoms with Gasteiger partial charge in [-0.05, 0) is 12.1 Å². The van der Waals surface area contributed by atoms with Crippen molar-refractivity contribution in [2.75, 3.05) is 0 Å². The third kappa shape index (κ3) is 2.79. The molecule has 0 aromatic heterocycles. The molecule has 1 heterocycles. The minimum absolute atomic E-state index is 0.0951. The second kappa shape index (κ2) is 6.25. The summed E-state index contributed by atoms with van der Waals surface area (Å²) in [5.74, 6) is -1.23. The summed E-state index contributed by atoms with van der Waals surface area (Å²) in [5, 5.41) is 24.7. The van der Waals surface area contributed by atoms with Crippen molar-refractivity contribution >= 4 is 39.4 Å². The Kier molecular flexibility index (Phi) is 4.13. The van der Waals surface area contributed by atoms with E-state index in [0.717, 1.165) is 0 Å². The monoisotopic (exact) mass is 388 g/mol. The Balaban J connectivity index is 2.11. The summed E-state index contributed by atoms with van der Waals surface area (Å²) >= 11 is 3.37. The molecule has 0 unspecified atom stereocenters. The number of hydrogen-bond donors (Lipinski definition) is 1. The molecular formula is C16H9BrN2O5. The van der Waals surface area contributed by atoms with Crippen LogP contribution in [0.5, 0.6) is 5.75 Å². The van der Waals surface area contributed by atoms with Crippen molar-refractivity contribution in [1.29, 1.82) is 0 Å². The van der Waals surface area contributed by atoms with Gasteiger partial charge in [-0.3, -0.25) is 10.1 Å². The molecule has 1 aliphatic heterocycles. The molecule has 1 N–H and O–H groups in total. The number of halogens is 1. The van der Waals surface area contributed by atoms with Gasteiger partial charge in [0.25, 0.3) is 0 Å². The van der Waals surface area contributed by atoms with Gasteiger partial charge in [-0.2, -0.15) is 0 Å². The predicted octanol–water partition coefficient (Wildman–Crippen LogP) is 3.41. The van der Waals surface area contributed by atoms with E-state index in [1.165, 1.54) is 24.3 Å². The van der Waals surface area contributed by atoms with E-state index in [1.54, 1.807) is 18.2 Å². The zero-order valence-electron chi connectivity index (χ0n) is 12.0. The predicted molar refractivity (Wildman–Crippen MR) is 89.5 cm³/mol. The van der Waals surface area contributed by atoms with Crippen molar-refractivity contribution in [2.24, 2.45) is 5.16 Å². The summed E-state index contributed by atoms with van der Waals surface area (Å²) < 4.78 is 0.705. The molecule has 120 valence electrons. The second-order valence-electron chi connectivity index (χ2n) is 4.83. The first kappa shape index (κ1) is 15.9. The Morgan fingerprint density at radius 3 is 2.67 bits per heavy atom. The van der Waals surface area contributed by atoms with Crippen molar-refractivity contribution in [2.45, 2.75) is 0 Å². The maximum Gasteiger partial charge on any atom is 0.368 e. The first-order valence-corrected chi connectivity index (χ1v) is 7.51. The van der Waals surface area contributed by atoms with Gasteiger partial charge in [-0.1, -0.05) is 51.4 Å². The highest BCUT2D eigenvalue weighted by atomic mass is 79.9. The molecule has 1 aliphatic rings. The number of carbonyl (C=O) groups excluding carboxylic acids is 1. The number of nitro benzene ring substituents is 1. The number of phenols is 1. The van der Waals surface area contributed by atoms with E-state index in [2.05, 4.69) is 21.1 Å². The summed E-state index contributed by atoms with van der Waals surface area (Å²) in [6.45, 7) is 0. The topological polar surface area (TPSA) is 102 Å². The van der Waals surface area contributed by atoms with Gasteiger partial charge in [0, 0.05) is 21.7 Å². The van der Waals surface area contributed by atoms with Gasteiger partial charge in [0.05, 0.1) is 10.5 Å². The highest BCUT2D eigenvalue weighted by molar-refractivity contribution is 9.10. The molecule has 3 rings (SSSR count). The third-order valence-electron chi connectivity index (χ3n) is 3.37. The van der Waals surface area contributed by atoms with Crippen LogP contribution in [0.2, 0.25) is 0 Å². The SMILES string of the molecule is O=C1ON=C(c2ccccc2Br)/C1=C/c1cccc([N+](=O)[O-])c1O. The second-order valence-corrected chi connectivity index (χ2v) is 5.68. The fourth-order valence-corrected chi connectivity index (χ4v) is 2.70. The molecule has 0 atom stereocenters. The Hall–Kier alpha value is -3.00. The smallest absolute Gasteiger partial charge is 0.368 e. The number of oxime groups is 1. The number of para-hydroxylation sites is 1. The van der Waals surface area contributed by atoms with Gasteiger partial charge in [-0.25, -0.2) is 4.79 Å². The van der Waals surface area contributed by atoms with E-state index in [9.17, 15) is 20.0 Å². The molecule has 0 fully saturated rings. The third-order valence-corrected chi connectivity index (χ3v) is 4.06. The molecule has 0 saturated carbocycles. The van der Waals surface area contributed by atoms with E-state index in [-0.39, 0.29) is 16.8 Å². The van der Waals surface area contributed by atoms with Crippen molar-refractivity contribution in [1.82, 2.24) is 0 Å². The molecule has 8 heteroatoms. The molecule has 24 heavy (non-hydrogen) atoms. The maximum absolute atomic E-state index is 12.0. The maximum atomic E-state index is 12.0. The van der Waals surface area contributed by atoms with Gasteiger partial charge in [-0.15, -0.1) is 0 Å². The average molecular weight is 389 g/mol. The highest BCUT2D eigenvalue weighted by Gasteiger charge is 2.29. The van der Waals surface area contributed by atoms with Crippen LogP contribution in [-0.4, -0.2) is 21.7 Å². The number of aromatic hydroxyl groups is 1. The van der Waals surface area contributed by atoms with E-state index in [0.29, 0.717) is 10.0 Å². The molecule has 7 nitrogen and oxygen atoms in total. The number of hydrogen-bond acceptors (Lipinski definition) is 6. The first-order valence-electron chi connectivity index (χ1n) is 6.71. The molecule has 0 bridgehead atoms. The van der Waals surface area contributed by atoms with Gasteiger partial charge in [0.2, 0.25) is 5.75 Å². The normalized spacial score (nSPS) is 15.3. The van der Waals surface area contributed by atoms with Crippen LogP contribution in [0.25, 0.3) is 6.08 Å². The average Bonchev–Trinajstić information content (AvgIpc) is 2.90. The lowest BCUT2D eigenvalue weighted by atomic mass is 10.00. The van der Waals surface area contributed by atoms with Gasteiger partial charge < -0.3 is 9.94 Å². The van der Waals surface area contributed by atoms with Crippen LogP contribution < -0.4 is 0 Å². The van der Waals surface area contributed by atoms with Gasteiger partial charge in [0.1, 0.15) is 5.71 Å². The fourth-order valence-electron chi connectivity index (χ4n) is 2.22. The van der Waals surface area contributed by atoms with Crippen LogP contribution in [0.15, 0.2) is 57.7 Å². The van der Waals surface area contributed by atoms with E-state index < -0.39 is 22.3 Å². The lowest BCUT2D eigenvalue weighted by molar-refractivity contribution is -0.385. The van der Waals surface area contributed by atoms with Crippen LogP contribution in [0, 0.1) is 10.1 Å². The molecule has 0 radical (unpaired) electrons. The van der Waals surface area contributed by atoms with Crippen LogP contribution in [0.1, 0.15) is 11.1 Å². The number of nitrogens with zero attached hydrogens (tertiary/aromatic N) is 2. The number of rotatable bonds is 3. The largest absolute Gasteiger partial charge is 0.502 e. The summed E-state index contributed by atoms with van der Waals surface area (Å²) in [6, 6.07) is 11.1. The van der Waals surface area contributed by atoms with E-state index >= 15 is 0 Å². The van der Waals surface area contributed by atoms with Crippen LogP contribution in [0.3, 0.4) is 0 Å². The lowest BCUT2D eigenvalue weighted by Gasteiger charge is -2.04. The molecule has 0 saturated heterocycles. The summed E-state index contributed by atoms with van der Waals surface area (Å²) in [5.41, 5.74) is 0.670. The minimum atomic E-state index is -0.702. The van der Waals surface area contributed by atoms with Crippen LogP contribution in [-0.2, 0) is 9.63 Å². The Morgan fingerprint density at radius 1 is 1.21 bits per heavy atom. The molecule has 2 aromatic rings. The van der Waals surface area contributed by atoms with Crippen molar-refractivity contribution < 1.29 is 19.7 Å². The zero-order chi connectivity index (χ0) is 17.3. The number of nitro groups is 1. The van der Waals surface area contributed by atoms with Crippen LogP contribution >= 0.6 is 15.9 Å². The van der Waals surface area contributed by atoms with E-state index in [4.69, 9.17) is 4.84 Å². The van der Waals surface area contributed by atoms with E-state index in [1.807, 2.05) is 6.07 Å². The summed E-state index contributed by atoms with van der Waals surface area (Å²) in [7, 11) is 0.